The zero-order chi connectivity index (χ0) is 21.6. The fraction of sp³-hybridized carbons (Fsp3) is 0.435. The molecule has 0 bridgehead atoms. The lowest BCUT2D eigenvalue weighted by Gasteiger charge is -2.18. The van der Waals surface area contributed by atoms with Crippen LogP contribution < -0.4 is 10.1 Å². The molecule has 1 aliphatic rings. The van der Waals surface area contributed by atoms with Crippen molar-refractivity contribution >= 4 is 17.0 Å². The standard InChI is InChI=1S/C23H29N3O5/c27-11-3-4-12-30-21-13-16(7-9-20(21)29)14-24-23-25-18-5-1-2-6-19(18)26(23)22-10-8-17(15-28)31-22/h1-2,5-7,9,13,17,22,27-29H,3-4,8,10-12,14-15H2,(H,24,25)/t17-,22+/m0/s1. The molecule has 8 nitrogen and oxygen atoms in total. The van der Waals surface area contributed by atoms with Crippen LogP contribution in [0.15, 0.2) is 42.5 Å². The maximum absolute atomic E-state index is 10.1. The lowest BCUT2D eigenvalue weighted by atomic mass is 10.2. The fourth-order valence-corrected chi connectivity index (χ4v) is 3.83. The number of fused-ring (bicyclic) bond motifs is 1. The first-order chi connectivity index (χ1) is 15.2. The summed E-state index contributed by atoms with van der Waals surface area (Å²) in [5, 5.41) is 31.8. The number of hydrogen-bond acceptors (Lipinski definition) is 7. The van der Waals surface area contributed by atoms with Gasteiger partial charge in [0, 0.05) is 13.2 Å². The van der Waals surface area contributed by atoms with E-state index in [2.05, 4.69) is 9.88 Å². The van der Waals surface area contributed by atoms with E-state index in [4.69, 9.17) is 19.6 Å². The Balaban J connectivity index is 1.51. The highest BCUT2D eigenvalue weighted by Gasteiger charge is 2.29. The molecular weight excluding hydrogens is 398 g/mol. The Hall–Kier alpha value is -2.81. The SMILES string of the molecule is OCCCCOc1cc(CNc2nc3ccccc3n2[C@H]2CC[C@@H](CO)O2)ccc1O. The number of unbranched alkanes of at least 4 members (excludes halogenated alkanes) is 1. The molecule has 2 atom stereocenters. The first-order valence-corrected chi connectivity index (χ1v) is 10.7. The molecule has 1 aromatic heterocycles. The topological polar surface area (TPSA) is 109 Å². The fourth-order valence-electron chi connectivity index (χ4n) is 3.83. The lowest BCUT2D eigenvalue weighted by Crippen LogP contribution is -2.16. The minimum absolute atomic E-state index is 0.0144. The van der Waals surface area contributed by atoms with Crippen LogP contribution in [-0.2, 0) is 11.3 Å². The van der Waals surface area contributed by atoms with Crippen LogP contribution in [0, 0.1) is 0 Å². The monoisotopic (exact) mass is 427 g/mol. The van der Waals surface area contributed by atoms with E-state index in [0.717, 1.165) is 35.9 Å². The Labute approximate surface area is 181 Å². The van der Waals surface area contributed by atoms with Crippen molar-refractivity contribution in [2.45, 2.75) is 44.6 Å². The van der Waals surface area contributed by atoms with Gasteiger partial charge in [-0.3, -0.25) is 4.57 Å². The maximum Gasteiger partial charge on any atom is 0.206 e. The van der Waals surface area contributed by atoms with Gasteiger partial charge in [0.2, 0.25) is 5.95 Å². The molecule has 2 heterocycles. The van der Waals surface area contributed by atoms with Crippen molar-refractivity contribution in [1.29, 1.82) is 0 Å². The van der Waals surface area contributed by atoms with Gasteiger partial charge in [-0.25, -0.2) is 4.98 Å². The molecule has 0 unspecified atom stereocenters. The van der Waals surface area contributed by atoms with Crippen molar-refractivity contribution in [2.75, 3.05) is 25.1 Å². The molecule has 0 aliphatic carbocycles. The van der Waals surface area contributed by atoms with Crippen LogP contribution in [0.25, 0.3) is 11.0 Å². The summed E-state index contributed by atoms with van der Waals surface area (Å²) in [5.41, 5.74) is 2.79. The first kappa shape index (κ1) is 21.4. The van der Waals surface area contributed by atoms with Gasteiger partial charge in [0.15, 0.2) is 11.5 Å². The summed E-state index contributed by atoms with van der Waals surface area (Å²) >= 11 is 0. The molecule has 166 valence electrons. The van der Waals surface area contributed by atoms with Crippen LogP contribution in [0.2, 0.25) is 0 Å². The van der Waals surface area contributed by atoms with Gasteiger partial charge in [0.05, 0.1) is 30.4 Å². The molecule has 31 heavy (non-hydrogen) atoms. The van der Waals surface area contributed by atoms with Gasteiger partial charge in [-0.15, -0.1) is 0 Å². The quantitative estimate of drug-likeness (QED) is 0.368. The van der Waals surface area contributed by atoms with Crippen LogP contribution in [0.1, 0.15) is 37.5 Å². The van der Waals surface area contributed by atoms with Crippen molar-refractivity contribution in [1.82, 2.24) is 9.55 Å². The third-order valence-electron chi connectivity index (χ3n) is 5.46. The number of ether oxygens (including phenoxy) is 2. The summed E-state index contributed by atoms with van der Waals surface area (Å²) in [7, 11) is 0. The largest absolute Gasteiger partial charge is 0.504 e. The van der Waals surface area contributed by atoms with Gasteiger partial charge in [0.1, 0.15) is 6.23 Å². The highest BCUT2D eigenvalue weighted by molar-refractivity contribution is 5.78. The number of aromatic nitrogens is 2. The Morgan fingerprint density at radius 3 is 2.81 bits per heavy atom. The van der Waals surface area contributed by atoms with Crippen LogP contribution >= 0.6 is 0 Å². The second-order valence-electron chi connectivity index (χ2n) is 7.70. The minimum atomic E-state index is -0.183. The van der Waals surface area contributed by atoms with E-state index in [1.54, 1.807) is 6.07 Å². The normalized spacial score (nSPS) is 18.5. The number of phenols is 1. The Morgan fingerprint density at radius 1 is 1.13 bits per heavy atom. The molecule has 0 radical (unpaired) electrons. The van der Waals surface area contributed by atoms with Gasteiger partial charge < -0.3 is 30.1 Å². The third kappa shape index (κ3) is 4.92. The summed E-state index contributed by atoms with van der Waals surface area (Å²) in [4.78, 5) is 4.74. The zero-order valence-corrected chi connectivity index (χ0v) is 17.4. The van der Waals surface area contributed by atoms with Crippen LogP contribution in [0.3, 0.4) is 0 Å². The molecule has 0 amide bonds. The summed E-state index contributed by atoms with van der Waals surface area (Å²) < 4.78 is 13.7. The smallest absolute Gasteiger partial charge is 0.206 e. The molecule has 1 fully saturated rings. The molecule has 0 saturated carbocycles. The Morgan fingerprint density at radius 2 is 2.00 bits per heavy atom. The third-order valence-corrected chi connectivity index (χ3v) is 5.46. The van der Waals surface area contributed by atoms with Gasteiger partial charge in [-0.2, -0.15) is 0 Å². The van der Waals surface area contributed by atoms with E-state index in [0.29, 0.717) is 31.3 Å². The summed E-state index contributed by atoms with van der Waals surface area (Å²) in [6.45, 7) is 1.07. The number of benzene rings is 2. The van der Waals surface area contributed by atoms with E-state index in [9.17, 15) is 10.2 Å². The summed E-state index contributed by atoms with van der Waals surface area (Å²) in [5.74, 6) is 1.22. The van der Waals surface area contributed by atoms with Crippen molar-refractivity contribution in [3.05, 3.63) is 48.0 Å². The number of imidazole rings is 1. The van der Waals surface area contributed by atoms with Gasteiger partial charge in [-0.05, 0) is 55.5 Å². The molecule has 8 heteroatoms. The van der Waals surface area contributed by atoms with Crippen molar-refractivity contribution in [3.63, 3.8) is 0 Å². The highest BCUT2D eigenvalue weighted by Crippen LogP contribution is 2.34. The number of aliphatic hydroxyl groups excluding tert-OH is 2. The average molecular weight is 428 g/mol. The zero-order valence-electron chi connectivity index (χ0n) is 17.4. The predicted molar refractivity (Wildman–Crippen MR) is 117 cm³/mol. The van der Waals surface area contributed by atoms with Crippen LogP contribution in [0.4, 0.5) is 5.95 Å². The molecular formula is C23H29N3O5. The molecule has 4 N–H and O–H groups in total. The van der Waals surface area contributed by atoms with Crippen molar-refractivity contribution < 1.29 is 24.8 Å². The average Bonchev–Trinajstić information content (AvgIpc) is 3.40. The molecule has 1 saturated heterocycles. The number of rotatable bonds is 10. The van der Waals surface area contributed by atoms with Gasteiger partial charge in [-0.1, -0.05) is 18.2 Å². The number of anilines is 1. The number of nitrogens with one attached hydrogen (secondary N) is 1. The molecule has 0 spiro atoms. The van der Waals surface area contributed by atoms with Crippen molar-refractivity contribution in [2.24, 2.45) is 0 Å². The predicted octanol–water partition coefficient (Wildman–Crippen LogP) is 3.18. The van der Waals surface area contributed by atoms with Crippen molar-refractivity contribution in [3.8, 4) is 11.5 Å². The molecule has 3 aromatic rings. The van der Waals surface area contributed by atoms with E-state index in [1.807, 2.05) is 36.4 Å². The first-order valence-electron chi connectivity index (χ1n) is 10.7. The number of aromatic hydroxyl groups is 1. The summed E-state index contributed by atoms with van der Waals surface area (Å²) in [6.07, 6.45) is 2.67. The molecule has 2 aromatic carbocycles. The second-order valence-corrected chi connectivity index (χ2v) is 7.70. The number of hydrogen-bond donors (Lipinski definition) is 4. The van der Waals surface area contributed by atoms with Crippen LogP contribution in [0.5, 0.6) is 11.5 Å². The van der Waals surface area contributed by atoms with E-state index in [1.165, 1.54) is 0 Å². The minimum Gasteiger partial charge on any atom is -0.504 e. The van der Waals surface area contributed by atoms with Gasteiger partial charge >= 0.3 is 0 Å². The Bertz CT molecular complexity index is 1010. The highest BCUT2D eigenvalue weighted by atomic mass is 16.5. The van der Waals surface area contributed by atoms with E-state index < -0.39 is 0 Å². The number of phenolic OH excluding ortho intramolecular Hbond substituents is 1. The van der Waals surface area contributed by atoms with E-state index >= 15 is 0 Å². The van der Waals surface area contributed by atoms with E-state index in [-0.39, 0.29) is 31.3 Å². The number of aliphatic hydroxyl groups is 2. The second kappa shape index (κ2) is 10.00. The molecule has 1 aliphatic heterocycles. The Kier molecular flexibility index (Phi) is 6.91. The lowest BCUT2D eigenvalue weighted by molar-refractivity contribution is -0.0195. The van der Waals surface area contributed by atoms with Gasteiger partial charge in [0.25, 0.3) is 0 Å². The number of nitrogens with zero attached hydrogens (tertiary/aromatic N) is 2. The van der Waals surface area contributed by atoms with Crippen LogP contribution in [-0.4, -0.2) is 50.8 Å². The molecule has 4 rings (SSSR count). The summed E-state index contributed by atoms with van der Waals surface area (Å²) in [6, 6.07) is 13.2. The number of para-hydroxylation sites is 2. The maximum atomic E-state index is 10.1.